The van der Waals surface area contributed by atoms with E-state index in [2.05, 4.69) is 26.6 Å². The zero-order valence-electron chi connectivity index (χ0n) is 17.3. The third-order valence-corrected chi connectivity index (χ3v) is 5.20. The molecule has 0 aliphatic rings. The largest absolute Gasteiger partial charge is 0.480 e. The number of alkyl carbamates (subject to hydrolysis) is 1. The van der Waals surface area contributed by atoms with E-state index in [-0.39, 0.29) is 37.0 Å². The molecule has 0 bridgehead atoms. The minimum absolute atomic E-state index is 0.00159. The number of Topliss-reactive ketones (excluding diaryl/α,β-unsaturated/α-hetero) is 1. The summed E-state index contributed by atoms with van der Waals surface area (Å²) in [5.74, 6) is -2.11. The summed E-state index contributed by atoms with van der Waals surface area (Å²) < 4.78 is 5.20. The molecule has 0 spiro atoms. The van der Waals surface area contributed by atoms with E-state index in [0.29, 0.717) is 0 Å². The number of carbonyl (C=O) groups is 4. The van der Waals surface area contributed by atoms with E-state index in [9.17, 15) is 24.3 Å². The van der Waals surface area contributed by atoms with E-state index in [1.54, 1.807) is 36.4 Å². The lowest BCUT2D eigenvalue weighted by Gasteiger charge is -2.21. The van der Waals surface area contributed by atoms with Crippen LogP contribution in [0.4, 0.5) is 4.79 Å². The Kier molecular flexibility index (Phi) is 10.4. The molecular weight excluding hydrogens is 480 g/mol. The van der Waals surface area contributed by atoms with Crippen molar-refractivity contribution in [3.63, 3.8) is 0 Å². The number of carbonyl (C=O) groups excluding carboxylic acids is 3. The van der Waals surface area contributed by atoms with Gasteiger partial charge in [-0.25, -0.2) is 9.59 Å². The molecule has 0 saturated carbocycles. The third-order valence-electron chi connectivity index (χ3n) is 4.58. The van der Waals surface area contributed by atoms with Crippen LogP contribution in [0.5, 0.6) is 0 Å². The van der Waals surface area contributed by atoms with Gasteiger partial charge < -0.3 is 20.5 Å². The zero-order chi connectivity index (χ0) is 23.3. The van der Waals surface area contributed by atoms with E-state index < -0.39 is 30.1 Å². The Bertz CT molecular complexity index is 907. The first kappa shape index (κ1) is 25.1. The Balaban J connectivity index is 2.05. The third kappa shape index (κ3) is 8.89. The summed E-state index contributed by atoms with van der Waals surface area (Å²) in [6.07, 6.45) is -0.716. The lowest BCUT2D eigenvalue weighted by atomic mass is 10.0. The lowest BCUT2D eigenvalue weighted by Crippen LogP contribution is -2.52. The monoisotopic (exact) mass is 504 g/mol. The number of alkyl halides is 1. The lowest BCUT2D eigenvalue weighted by molar-refractivity contribution is -0.142. The summed E-state index contributed by atoms with van der Waals surface area (Å²) in [4.78, 5) is 48.2. The average molecular weight is 505 g/mol. The van der Waals surface area contributed by atoms with E-state index in [0.717, 1.165) is 11.1 Å². The molecule has 0 heterocycles. The van der Waals surface area contributed by atoms with Gasteiger partial charge in [0.05, 0.1) is 5.33 Å². The van der Waals surface area contributed by atoms with Crippen molar-refractivity contribution in [2.75, 3.05) is 5.33 Å². The Labute approximate surface area is 194 Å². The van der Waals surface area contributed by atoms with Gasteiger partial charge in [-0.05, 0) is 17.5 Å². The van der Waals surface area contributed by atoms with Gasteiger partial charge in [-0.2, -0.15) is 0 Å². The highest BCUT2D eigenvalue weighted by Gasteiger charge is 2.27. The fraction of sp³-hybridized carbons (Fsp3) is 0.304. The molecule has 8 nitrogen and oxygen atoms in total. The number of amides is 2. The maximum absolute atomic E-state index is 12.8. The first-order chi connectivity index (χ1) is 15.4. The number of carboxylic acids is 1. The van der Waals surface area contributed by atoms with Crippen LogP contribution in [-0.2, 0) is 32.1 Å². The molecule has 2 aromatic carbocycles. The summed E-state index contributed by atoms with van der Waals surface area (Å²) in [6.45, 7) is 0.0265. The normalized spacial score (nSPS) is 12.3. The average Bonchev–Trinajstić information content (AvgIpc) is 2.80. The van der Waals surface area contributed by atoms with Crippen molar-refractivity contribution in [1.82, 2.24) is 10.6 Å². The van der Waals surface area contributed by atoms with Crippen LogP contribution in [-0.4, -0.2) is 46.3 Å². The molecular formula is C23H25BrN2O6. The number of nitrogens with one attached hydrogen (secondary N) is 2. The molecule has 170 valence electrons. The molecule has 0 aromatic heterocycles. The second-order valence-corrected chi connectivity index (χ2v) is 7.62. The van der Waals surface area contributed by atoms with Gasteiger partial charge in [0, 0.05) is 12.8 Å². The standard InChI is InChI=1S/C23H25BrN2O6/c24-14-18(27)11-12-19(22(29)30)25-21(28)20(13-16-7-3-1-4-8-16)26-23(31)32-15-17-9-5-2-6-10-17/h1-10,19-20H,11-15H2,(H,25,28)(H,26,31)(H,29,30)/t19-,20-/m0/s1. The number of benzene rings is 2. The van der Waals surface area contributed by atoms with Gasteiger partial charge in [-0.1, -0.05) is 76.6 Å². The van der Waals surface area contributed by atoms with Crippen LogP contribution >= 0.6 is 15.9 Å². The quantitative estimate of drug-likeness (QED) is 0.382. The van der Waals surface area contributed by atoms with Crippen LogP contribution in [0, 0.1) is 0 Å². The van der Waals surface area contributed by atoms with Gasteiger partial charge in [-0.3, -0.25) is 9.59 Å². The van der Waals surface area contributed by atoms with Gasteiger partial charge in [0.1, 0.15) is 24.5 Å². The molecule has 0 saturated heterocycles. The van der Waals surface area contributed by atoms with Crippen LogP contribution < -0.4 is 10.6 Å². The van der Waals surface area contributed by atoms with Gasteiger partial charge in [0.2, 0.25) is 5.91 Å². The van der Waals surface area contributed by atoms with Gasteiger partial charge in [-0.15, -0.1) is 0 Å². The molecule has 2 rings (SSSR count). The Morgan fingerprint density at radius 2 is 1.47 bits per heavy atom. The van der Waals surface area contributed by atoms with Crippen molar-refractivity contribution in [2.24, 2.45) is 0 Å². The highest BCUT2D eigenvalue weighted by atomic mass is 79.9. The summed E-state index contributed by atoms with van der Waals surface area (Å²) in [6, 6.07) is 15.7. The first-order valence-corrected chi connectivity index (χ1v) is 11.1. The Hall–Kier alpha value is -3.20. The molecule has 2 aromatic rings. The number of ketones is 1. The molecule has 0 aliphatic heterocycles. The molecule has 9 heteroatoms. The highest BCUT2D eigenvalue weighted by Crippen LogP contribution is 2.07. The molecule has 3 N–H and O–H groups in total. The van der Waals surface area contributed by atoms with Crippen molar-refractivity contribution in [3.8, 4) is 0 Å². The second-order valence-electron chi connectivity index (χ2n) is 7.06. The van der Waals surface area contributed by atoms with Crippen LogP contribution in [0.15, 0.2) is 60.7 Å². The van der Waals surface area contributed by atoms with Crippen molar-refractivity contribution in [1.29, 1.82) is 0 Å². The molecule has 2 atom stereocenters. The molecule has 2 amide bonds. The second kappa shape index (κ2) is 13.3. The zero-order valence-corrected chi connectivity index (χ0v) is 18.9. The van der Waals surface area contributed by atoms with E-state index in [4.69, 9.17) is 4.74 Å². The van der Waals surface area contributed by atoms with Crippen molar-refractivity contribution >= 4 is 39.7 Å². The predicted octanol–water partition coefficient (Wildman–Crippen LogP) is 2.84. The van der Waals surface area contributed by atoms with Gasteiger partial charge in [0.25, 0.3) is 0 Å². The summed E-state index contributed by atoms with van der Waals surface area (Å²) in [5, 5.41) is 14.5. The molecule has 0 radical (unpaired) electrons. The number of hydrogen-bond acceptors (Lipinski definition) is 5. The SMILES string of the molecule is O=C(CBr)CC[C@H](NC(=O)[C@H](Cc1ccccc1)NC(=O)OCc1ccccc1)C(=O)O. The molecule has 0 fully saturated rings. The van der Waals surface area contributed by atoms with E-state index in [1.165, 1.54) is 0 Å². The topological polar surface area (TPSA) is 122 Å². The number of ether oxygens (including phenoxy) is 1. The van der Waals surface area contributed by atoms with E-state index in [1.807, 2.05) is 24.3 Å². The fourth-order valence-corrected chi connectivity index (χ4v) is 3.15. The maximum Gasteiger partial charge on any atom is 0.408 e. The summed E-state index contributed by atoms with van der Waals surface area (Å²) in [7, 11) is 0. The minimum atomic E-state index is -1.26. The summed E-state index contributed by atoms with van der Waals surface area (Å²) in [5.41, 5.74) is 1.56. The Morgan fingerprint density at radius 3 is 2.03 bits per heavy atom. The maximum atomic E-state index is 12.8. The number of aliphatic carboxylic acids is 1. The van der Waals surface area contributed by atoms with Crippen LogP contribution in [0.1, 0.15) is 24.0 Å². The van der Waals surface area contributed by atoms with Gasteiger partial charge >= 0.3 is 12.1 Å². The predicted molar refractivity (Wildman–Crippen MR) is 121 cm³/mol. The van der Waals surface area contributed by atoms with Crippen molar-refractivity contribution in [3.05, 3.63) is 71.8 Å². The molecule has 0 unspecified atom stereocenters. The fourth-order valence-electron chi connectivity index (χ4n) is 2.87. The molecule has 0 aliphatic carbocycles. The first-order valence-electron chi connectivity index (χ1n) is 10.0. The minimum Gasteiger partial charge on any atom is -0.480 e. The van der Waals surface area contributed by atoms with Gasteiger partial charge in [0.15, 0.2) is 0 Å². The number of hydrogen-bond donors (Lipinski definition) is 3. The van der Waals surface area contributed by atoms with Crippen LogP contribution in [0.2, 0.25) is 0 Å². The van der Waals surface area contributed by atoms with Crippen molar-refractivity contribution in [2.45, 2.75) is 38.0 Å². The number of carboxylic acid groups (broad SMARTS) is 1. The highest BCUT2D eigenvalue weighted by molar-refractivity contribution is 9.09. The van der Waals surface area contributed by atoms with Crippen LogP contribution in [0.25, 0.3) is 0 Å². The number of rotatable bonds is 12. The smallest absolute Gasteiger partial charge is 0.408 e. The van der Waals surface area contributed by atoms with Crippen molar-refractivity contribution < 1.29 is 29.0 Å². The molecule has 32 heavy (non-hydrogen) atoms. The summed E-state index contributed by atoms with van der Waals surface area (Å²) >= 11 is 3.03. The Morgan fingerprint density at radius 1 is 0.875 bits per heavy atom. The van der Waals surface area contributed by atoms with E-state index >= 15 is 0 Å². The number of halogens is 1. The van der Waals surface area contributed by atoms with Crippen LogP contribution in [0.3, 0.4) is 0 Å².